The van der Waals surface area contributed by atoms with E-state index in [9.17, 15) is 4.79 Å². The number of rotatable bonds is 7. The third kappa shape index (κ3) is 5.30. The van der Waals surface area contributed by atoms with Crippen LogP contribution >= 0.6 is 0 Å². The molecule has 7 heteroatoms. The maximum absolute atomic E-state index is 13.2. The summed E-state index contributed by atoms with van der Waals surface area (Å²) in [6.45, 7) is 0. The minimum Gasteiger partial charge on any atom is -0.362 e. The highest BCUT2D eigenvalue weighted by atomic mass is 16.1. The standard InChI is InChI=1S/C32H34N6O/c1-38(2)31-25-13-7-9-15-28(25)36-32(37-31)34-23-18-16-22(17-19-23)33-29(39)20-26-24-12-6-8-14-27(24)35-30(26)21-10-4-3-5-11-21/h3-15,22-23,35H,16-20H2,1-2H3,(H,33,39)(H,34,36,37)/t22-,23+. The highest BCUT2D eigenvalue weighted by Crippen LogP contribution is 2.31. The van der Waals surface area contributed by atoms with Crippen LogP contribution in [0.5, 0.6) is 0 Å². The van der Waals surface area contributed by atoms with Crippen molar-refractivity contribution in [2.75, 3.05) is 24.3 Å². The molecule has 0 saturated heterocycles. The number of anilines is 2. The first-order chi connectivity index (χ1) is 19.0. The molecule has 6 rings (SSSR count). The third-order valence-electron chi connectivity index (χ3n) is 7.65. The van der Waals surface area contributed by atoms with Crippen LogP contribution in [0, 0.1) is 0 Å². The zero-order chi connectivity index (χ0) is 26.8. The molecule has 5 aromatic rings. The predicted molar refractivity (Wildman–Crippen MR) is 159 cm³/mol. The number of nitrogens with zero attached hydrogens (tertiary/aromatic N) is 3. The van der Waals surface area contributed by atoms with Gasteiger partial charge in [-0.1, -0.05) is 60.7 Å². The number of fused-ring (bicyclic) bond motifs is 2. The molecular formula is C32H34N6O. The smallest absolute Gasteiger partial charge is 0.225 e. The molecule has 0 spiro atoms. The summed E-state index contributed by atoms with van der Waals surface area (Å²) < 4.78 is 0. The Kier molecular flexibility index (Phi) is 6.88. The maximum atomic E-state index is 13.2. The minimum absolute atomic E-state index is 0.0711. The lowest BCUT2D eigenvalue weighted by atomic mass is 9.91. The minimum atomic E-state index is 0.0711. The molecule has 0 unspecified atom stereocenters. The number of nitrogens with one attached hydrogen (secondary N) is 3. The summed E-state index contributed by atoms with van der Waals surface area (Å²) >= 11 is 0. The zero-order valence-corrected chi connectivity index (χ0v) is 22.4. The van der Waals surface area contributed by atoms with Crippen LogP contribution in [0.25, 0.3) is 33.1 Å². The van der Waals surface area contributed by atoms with Gasteiger partial charge in [-0.25, -0.2) is 4.98 Å². The van der Waals surface area contributed by atoms with Crippen molar-refractivity contribution >= 4 is 39.5 Å². The molecule has 2 aromatic heterocycles. The summed E-state index contributed by atoms with van der Waals surface area (Å²) in [5.74, 6) is 1.65. The first kappa shape index (κ1) is 24.9. The molecule has 0 aliphatic heterocycles. The van der Waals surface area contributed by atoms with E-state index in [1.165, 1.54) is 0 Å². The number of benzene rings is 3. The number of aromatic nitrogens is 3. The van der Waals surface area contributed by atoms with Crippen molar-refractivity contribution in [3.8, 4) is 11.3 Å². The van der Waals surface area contributed by atoms with Crippen LogP contribution in [0.4, 0.5) is 11.8 Å². The summed E-state index contributed by atoms with van der Waals surface area (Å²) in [6.07, 6.45) is 4.13. The first-order valence-electron chi connectivity index (χ1n) is 13.7. The Morgan fingerprint density at radius 2 is 1.51 bits per heavy atom. The van der Waals surface area contributed by atoms with Gasteiger partial charge in [-0.3, -0.25) is 4.79 Å². The molecule has 3 aromatic carbocycles. The van der Waals surface area contributed by atoms with Gasteiger partial charge in [0.05, 0.1) is 17.6 Å². The van der Waals surface area contributed by atoms with Gasteiger partial charge >= 0.3 is 0 Å². The third-order valence-corrected chi connectivity index (χ3v) is 7.65. The molecule has 0 radical (unpaired) electrons. The van der Waals surface area contributed by atoms with Gasteiger partial charge in [-0.05, 0) is 55.0 Å². The van der Waals surface area contributed by atoms with Gasteiger partial charge in [-0.2, -0.15) is 4.98 Å². The molecular weight excluding hydrogens is 484 g/mol. The molecule has 7 nitrogen and oxygen atoms in total. The van der Waals surface area contributed by atoms with E-state index in [1.54, 1.807) is 0 Å². The average Bonchev–Trinajstić information content (AvgIpc) is 3.32. The van der Waals surface area contributed by atoms with Crippen LogP contribution in [0.15, 0.2) is 78.9 Å². The lowest BCUT2D eigenvalue weighted by molar-refractivity contribution is -0.121. The first-order valence-corrected chi connectivity index (χ1v) is 13.7. The van der Waals surface area contributed by atoms with Crippen LogP contribution < -0.4 is 15.5 Å². The second-order valence-electron chi connectivity index (χ2n) is 10.6. The number of carbonyl (C=O) groups is 1. The van der Waals surface area contributed by atoms with Gasteiger partial charge in [0, 0.05) is 42.5 Å². The Bertz CT molecular complexity index is 1600. The average molecular weight is 519 g/mol. The van der Waals surface area contributed by atoms with Crippen LogP contribution in [-0.4, -0.2) is 47.0 Å². The Labute approximate surface area is 228 Å². The number of hydrogen-bond acceptors (Lipinski definition) is 5. The van der Waals surface area contributed by atoms with E-state index in [0.717, 1.165) is 70.1 Å². The number of aromatic amines is 1. The summed E-state index contributed by atoms with van der Waals surface area (Å²) in [5.41, 5.74) is 5.16. The molecule has 1 amide bonds. The predicted octanol–water partition coefficient (Wildman–Crippen LogP) is 5.93. The van der Waals surface area contributed by atoms with Gasteiger partial charge < -0.3 is 20.5 Å². The number of amides is 1. The molecule has 3 N–H and O–H groups in total. The Morgan fingerprint density at radius 3 is 2.28 bits per heavy atom. The molecule has 0 atom stereocenters. The van der Waals surface area contributed by atoms with Gasteiger partial charge in [0.15, 0.2) is 0 Å². The summed E-state index contributed by atoms with van der Waals surface area (Å²) in [6, 6.07) is 27.0. The van der Waals surface area contributed by atoms with E-state index in [-0.39, 0.29) is 18.0 Å². The number of hydrogen-bond donors (Lipinski definition) is 3. The van der Waals surface area contributed by atoms with Gasteiger partial charge in [0.1, 0.15) is 5.82 Å². The molecule has 1 aliphatic carbocycles. The lowest BCUT2D eigenvalue weighted by Crippen LogP contribution is -2.41. The molecule has 1 fully saturated rings. The normalized spacial score (nSPS) is 17.3. The van der Waals surface area contributed by atoms with Gasteiger partial charge in [0.2, 0.25) is 11.9 Å². The highest BCUT2D eigenvalue weighted by Gasteiger charge is 2.24. The second kappa shape index (κ2) is 10.8. The van der Waals surface area contributed by atoms with E-state index in [2.05, 4.69) is 45.9 Å². The van der Waals surface area contributed by atoms with E-state index in [1.807, 2.05) is 67.5 Å². The Balaban J connectivity index is 1.10. The lowest BCUT2D eigenvalue weighted by Gasteiger charge is -2.30. The molecule has 2 heterocycles. The van der Waals surface area contributed by atoms with Crippen LogP contribution in [0.3, 0.4) is 0 Å². The van der Waals surface area contributed by atoms with Crippen molar-refractivity contribution in [2.24, 2.45) is 0 Å². The quantitative estimate of drug-likeness (QED) is 0.249. The largest absolute Gasteiger partial charge is 0.362 e. The topological polar surface area (TPSA) is 85.9 Å². The molecule has 39 heavy (non-hydrogen) atoms. The monoisotopic (exact) mass is 518 g/mol. The van der Waals surface area contributed by atoms with E-state index >= 15 is 0 Å². The fourth-order valence-electron chi connectivity index (χ4n) is 5.70. The Hall–Kier alpha value is -4.39. The maximum Gasteiger partial charge on any atom is 0.225 e. The van der Waals surface area contributed by atoms with Crippen molar-refractivity contribution in [1.82, 2.24) is 20.3 Å². The fourth-order valence-corrected chi connectivity index (χ4v) is 5.70. The molecule has 1 aliphatic rings. The van der Waals surface area contributed by atoms with E-state index in [4.69, 9.17) is 9.97 Å². The number of H-pyrrole nitrogens is 1. The molecule has 0 bridgehead atoms. The van der Waals surface area contributed by atoms with Gasteiger partial charge in [-0.15, -0.1) is 0 Å². The summed E-state index contributed by atoms with van der Waals surface area (Å²) in [5, 5.41) is 9.02. The zero-order valence-electron chi connectivity index (χ0n) is 22.4. The van der Waals surface area contributed by atoms with Crippen molar-refractivity contribution in [3.05, 3.63) is 84.4 Å². The fraction of sp³-hybridized carbons (Fsp3) is 0.281. The number of carbonyl (C=O) groups excluding carboxylic acids is 1. The molecule has 198 valence electrons. The van der Waals surface area contributed by atoms with Crippen molar-refractivity contribution in [3.63, 3.8) is 0 Å². The Morgan fingerprint density at radius 1 is 0.846 bits per heavy atom. The number of para-hydroxylation sites is 2. The molecule has 1 saturated carbocycles. The SMILES string of the molecule is CN(C)c1nc(N[C@H]2CC[C@@H](NC(=O)Cc3c(-c4ccccc4)[nH]c4ccccc34)CC2)nc2ccccc12. The van der Waals surface area contributed by atoms with Crippen LogP contribution in [-0.2, 0) is 11.2 Å². The van der Waals surface area contributed by atoms with Crippen LogP contribution in [0.2, 0.25) is 0 Å². The van der Waals surface area contributed by atoms with Crippen molar-refractivity contribution < 1.29 is 4.79 Å². The van der Waals surface area contributed by atoms with Crippen LogP contribution in [0.1, 0.15) is 31.2 Å². The van der Waals surface area contributed by atoms with Crippen molar-refractivity contribution in [1.29, 1.82) is 0 Å². The second-order valence-corrected chi connectivity index (χ2v) is 10.6. The summed E-state index contributed by atoms with van der Waals surface area (Å²) in [4.78, 5) is 28.4. The van der Waals surface area contributed by atoms with Crippen molar-refractivity contribution in [2.45, 2.75) is 44.2 Å². The van der Waals surface area contributed by atoms with Gasteiger partial charge in [0.25, 0.3) is 0 Å². The highest BCUT2D eigenvalue weighted by molar-refractivity contribution is 5.95. The summed E-state index contributed by atoms with van der Waals surface area (Å²) in [7, 11) is 4.01. The van der Waals surface area contributed by atoms with E-state index in [0.29, 0.717) is 12.4 Å². The van der Waals surface area contributed by atoms with E-state index < -0.39 is 0 Å².